The van der Waals surface area contributed by atoms with Crippen molar-refractivity contribution in [2.75, 3.05) is 34.2 Å². The second-order valence-corrected chi connectivity index (χ2v) is 7.17. The minimum absolute atomic E-state index is 0.0247. The first-order chi connectivity index (χ1) is 13.4. The van der Waals surface area contributed by atoms with Crippen LogP contribution in [0.25, 0.3) is 0 Å². The average Bonchev–Trinajstić information content (AvgIpc) is 2.68. The van der Waals surface area contributed by atoms with Gasteiger partial charge < -0.3 is 15.1 Å². The Morgan fingerprint density at radius 1 is 1.07 bits per heavy atom. The number of hydrogen-bond donors (Lipinski definition) is 1. The maximum absolute atomic E-state index is 12.1. The molecule has 0 aliphatic heterocycles. The van der Waals surface area contributed by atoms with E-state index in [0.29, 0.717) is 6.54 Å². The van der Waals surface area contributed by atoms with Gasteiger partial charge in [-0.1, -0.05) is 36.4 Å². The molecule has 0 saturated carbocycles. The van der Waals surface area contributed by atoms with Gasteiger partial charge in [0.2, 0.25) is 0 Å². The molecule has 0 saturated heterocycles. The van der Waals surface area contributed by atoms with Crippen LogP contribution in [0.15, 0.2) is 53.5 Å². The summed E-state index contributed by atoms with van der Waals surface area (Å²) in [5, 5.41) is 3.37. The van der Waals surface area contributed by atoms with Gasteiger partial charge in [-0.25, -0.2) is 0 Å². The van der Waals surface area contributed by atoms with Crippen LogP contribution in [0, 0.1) is 6.92 Å². The summed E-state index contributed by atoms with van der Waals surface area (Å²) in [6, 6.07) is 16.2. The van der Waals surface area contributed by atoms with Gasteiger partial charge in [0.05, 0.1) is 0 Å². The summed E-state index contributed by atoms with van der Waals surface area (Å²) in [5.74, 6) is 0.919. The van der Waals surface area contributed by atoms with E-state index < -0.39 is 0 Å². The van der Waals surface area contributed by atoms with E-state index in [1.807, 2.05) is 24.3 Å². The Morgan fingerprint density at radius 2 is 1.82 bits per heavy atom. The van der Waals surface area contributed by atoms with Crippen LogP contribution in [-0.2, 0) is 13.0 Å². The fraction of sp³-hybridized carbons (Fsp3) is 0.391. The molecule has 0 heterocycles. The van der Waals surface area contributed by atoms with Crippen molar-refractivity contribution in [1.29, 1.82) is 0 Å². The number of rotatable bonds is 7. The predicted molar refractivity (Wildman–Crippen MR) is 117 cm³/mol. The molecule has 0 radical (unpaired) electrons. The van der Waals surface area contributed by atoms with E-state index in [1.54, 1.807) is 19.0 Å². The minimum atomic E-state index is 0.0247. The third-order valence-electron chi connectivity index (χ3n) is 4.61. The number of carbonyl (C=O) groups excluding carboxylic acids is 1. The minimum Gasteiger partial charge on any atom is -0.357 e. The number of nitrogens with zero attached hydrogens (tertiary/aromatic N) is 3. The van der Waals surface area contributed by atoms with Gasteiger partial charge in [0.15, 0.2) is 5.96 Å². The van der Waals surface area contributed by atoms with Crippen LogP contribution in [0.5, 0.6) is 0 Å². The summed E-state index contributed by atoms with van der Waals surface area (Å²) >= 11 is 0. The Balaban J connectivity index is 2.03. The van der Waals surface area contributed by atoms with Crippen LogP contribution < -0.4 is 5.32 Å². The first-order valence-electron chi connectivity index (χ1n) is 9.77. The summed E-state index contributed by atoms with van der Waals surface area (Å²) < 4.78 is 0. The second kappa shape index (κ2) is 10.5. The number of aryl methyl sites for hydroxylation is 1. The first-order valence-corrected chi connectivity index (χ1v) is 9.77. The summed E-state index contributed by atoms with van der Waals surface area (Å²) in [5.41, 5.74) is 4.42. The molecule has 5 heteroatoms. The van der Waals surface area contributed by atoms with Gasteiger partial charge in [-0.3, -0.25) is 9.79 Å². The lowest BCUT2D eigenvalue weighted by Gasteiger charge is -2.23. The highest BCUT2D eigenvalue weighted by Crippen LogP contribution is 2.10. The first kappa shape index (κ1) is 21.5. The number of nitrogens with one attached hydrogen (secondary N) is 1. The Bertz CT molecular complexity index is 814. The highest BCUT2D eigenvalue weighted by atomic mass is 16.2. The standard InChI is InChI=1S/C23H32N4O/c1-6-24-23(27(5)17-21-12-8-7-10-18(21)2)25-15-14-19-11-9-13-20(16-19)22(28)26(3)4/h7-13,16H,6,14-15,17H2,1-5H3,(H,24,25). The van der Waals surface area contributed by atoms with Crippen molar-refractivity contribution in [2.24, 2.45) is 4.99 Å². The SMILES string of the molecule is CCNC(=NCCc1cccc(C(=O)N(C)C)c1)N(C)Cc1ccccc1C. The zero-order valence-corrected chi connectivity index (χ0v) is 17.7. The van der Waals surface area contributed by atoms with Crippen LogP contribution >= 0.6 is 0 Å². The smallest absolute Gasteiger partial charge is 0.253 e. The molecule has 0 atom stereocenters. The van der Waals surface area contributed by atoms with Gasteiger partial charge in [0, 0.05) is 46.3 Å². The lowest BCUT2D eigenvalue weighted by Crippen LogP contribution is -2.38. The topological polar surface area (TPSA) is 47.9 Å². The summed E-state index contributed by atoms with van der Waals surface area (Å²) in [6.07, 6.45) is 0.793. The van der Waals surface area contributed by atoms with Gasteiger partial charge in [0.1, 0.15) is 0 Å². The molecule has 0 aliphatic carbocycles. The van der Waals surface area contributed by atoms with Crippen molar-refractivity contribution < 1.29 is 4.79 Å². The van der Waals surface area contributed by atoms with Gasteiger partial charge in [-0.05, 0) is 49.1 Å². The molecule has 2 aromatic carbocycles. The highest BCUT2D eigenvalue weighted by Gasteiger charge is 2.09. The normalized spacial score (nSPS) is 11.2. The third-order valence-corrected chi connectivity index (χ3v) is 4.61. The van der Waals surface area contributed by atoms with Crippen LogP contribution in [0.2, 0.25) is 0 Å². The van der Waals surface area contributed by atoms with E-state index in [4.69, 9.17) is 4.99 Å². The molecule has 0 unspecified atom stereocenters. The molecule has 2 aromatic rings. The van der Waals surface area contributed by atoms with E-state index in [2.05, 4.69) is 55.4 Å². The number of amides is 1. The Hall–Kier alpha value is -2.82. The van der Waals surface area contributed by atoms with E-state index in [1.165, 1.54) is 11.1 Å². The average molecular weight is 381 g/mol. The molecule has 0 spiro atoms. The lowest BCUT2D eigenvalue weighted by molar-refractivity contribution is 0.0827. The van der Waals surface area contributed by atoms with Crippen LogP contribution in [0.3, 0.4) is 0 Å². The van der Waals surface area contributed by atoms with E-state index >= 15 is 0 Å². The monoisotopic (exact) mass is 380 g/mol. The molecule has 0 aliphatic rings. The van der Waals surface area contributed by atoms with E-state index in [0.717, 1.165) is 36.6 Å². The Kier molecular flexibility index (Phi) is 8.05. The fourth-order valence-corrected chi connectivity index (χ4v) is 3.00. The number of guanidine groups is 1. The molecule has 0 fully saturated rings. The molecule has 2 rings (SSSR count). The molecule has 1 amide bonds. The van der Waals surface area contributed by atoms with Crippen molar-refractivity contribution >= 4 is 11.9 Å². The maximum atomic E-state index is 12.1. The quantitative estimate of drug-likeness (QED) is 0.592. The van der Waals surface area contributed by atoms with Crippen molar-refractivity contribution in [1.82, 2.24) is 15.1 Å². The molecule has 0 bridgehead atoms. The predicted octanol–water partition coefficient (Wildman–Crippen LogP) is 3.34. The zero-order valence-electron chi connectivity index (χ0n) is 17.7. The summed E-state index contributed by atoms with van der Waals surface area (Å²) in [4.78, 5) is 20.7. The van der Waals surface area contributed by atoms with Crippen LogP contribution in [-0.4, -0.2) is 55.9 Å². The molecular formula is C23H32N4O. The number of aliphatic imine (C=N–C) groups is 1. The van der Waals surface area contributed by atoms with E-state index in [9.17, 15) is 4.79 Å². The van der Waals surface area contributed by atoms with Crippen LogP contribution in [0.4, 0.5) is 0 Å². The third kappa shape index (κ3) is 6.12. The van der Waals surface area contributed by atoms with Crippen LogP contribution in [0.1, 0.15) is 34.0 Å². The molecule has 150 valence electrons. The number of hydrogen-bond acceptors (Lipinski definition) is 2. The second-order valence-electron chi connectivity index (χ2n) is 7.17. The Labute approximate surface area is 169 Å². The lowest BCUT2D eigenvalue weighted by atomic mass is 10.1. The number of carbonyl (C=O) groups is 1. The van der Waals surface area contributed by atoms with E-state index in [-0.39, 0.29) is 5.91 Å². The number of benzene rings is 2. The van der Waals surface area contributed by atoms with Gasteiger partial charge >= 0.3 is 0 Å². The molecule has 5 nitrogen and oxygen atoms in total. The molecular weight excluding hydrogens is 348 g/mol. The largest absolute Gasteiger partial charge is 0.357 e. The van der Waals surface area contributed by atoms with Crippen molar-refractivity contribution in [3.05, 3.63) is 70.8 Å². The molecule has 0 aromatic heterocycles. The van der Waals surface area contributed by atoms with Crippen molar-refractivity contribution in [3.63, 3.8) is 0 Å². The van der Waals surface area contributed by atoms with Crippen molar-refractivity contribution in [2.45, 2.75) is 26.8 Å². The maximum Gasteiger partial charge on any atom is 0.253 e. The van der Waals surface area contributed by atoms with Gasteiger partial charge in [0.25, 0.3) is 5.91 Å². The summed E-state index contributed by atoms with van der Waals surface area (Å²) in [6.45, 7) is 6.51. The van der Waals surface area contributed by atoms with Crippen molar-refractivity contribution in [3.8, 4) is 0 Å². The van der Waals surface area contributed by atoms with Gasteiger partial charge in [-0.2, -0.15) is 0 Å². The molecule has 28 heavy (non-hydrogen) atoms. The zero-order chi connectivity index (χ0) is 20.5. The molecule has 1 N–H and O–H groups in total. The Morgan fingerprint density at radius 3 is 2.50 bits per heavy atom. The van der Waals surface area contributed by atoms with Gasteiger partial charge in [-0.15, -0.1) is 0 Å². The fourth-order valence-electron chi connectivity index (χ4n) is 3.00. The summed E-state index contributed by atoms with van der Waals surface area (Å²) in [7, 11) is 5.60. The highest BCUT2D eigenvalue weighted by molar-refractivity contribution is 5.94.